The summed E-state index contributed by atoms with van der Waals surface area (Å²) in [4.78, 5) is 20.7. The van der Waals surface area contributed by atoms with Crippen LogP contribution < -0.4 is 0 Å². The van der Waals surface area contributed by atoms with Crippen molar-refractivity contribution in [2.75, 3.05) is 0 Å². The average Bonchev–Trinajstić information content (AvgIpc) is 1.92. The molecule has 0 aliphatic heterocycles. The number of hydrogen-bond donors (Lipinski definition) is 4. The summed E-state index contributed by atoms with van der Waals surface area (Å²) in [6.45, 7) is 0. The largest absolute Gasteiger partial charge is 2.00 e. The first-order valence-corrected chi connectivity index (χ1v) is 6.28. The molecule has 0 aromatic rings. The van der Waals surface area contributed by atoms with Crippen molar-refractivity contribution in [1.82, 2.24) is 0 Å². The van der Waals surface area contributed by atoms with Gasteiger partial charge in [0.25, 0.3) is 20.2 Å². The first-order chi connectivity index (χ1) is 6.89. The predicted molar refractivity (Wildman–Crippen MR) is 53.9 cm³/mol. The zero-order chi connectivity index (χ0) is 13.3. The van der Waals surface area contributed by atoms with Gasteiger partial charge in [-0.3, -0.25) is 18.7 Å². The minimum atomic E-state index is -5.51. The zero-order valence-corrected chi connectivity index (χ0v) is 11.0. The van der Waals surface area contributed by atoms with Crippen molar-refractivity contribution in [3.8, 4) is 0 Å². The minimum absolute atomic E-state index is 0. The number of carboxylic acid groups (broad SMARTS) is 2. The van der Waals surface area contributed by atoms with Gasteiger partial charge in [-0.2, -0.15) is 16.8 Å². The smallest absolute Gasteiger partial charge is 1.00 e. The molecule has 0 amide bonds. The molecule has 0 aromatic carbocycles. The molecular weight excluding hydrogens is 296 g/mol. The van der Waals surface area contributed by atoms with E-state index in [-0.39, 0.29) is 25.9 Å². The van der Waals surface area contributed by atoms with Gasteiger partial charge in [0.05, 0.1) is 0 Å². The van der Waals surface area contributed by atoms with Crippen LogP contribution in [0.2, 0.25) is 0 Å². The van der Waals surface area contributed by atoms with Crippen LogP contribution >= 0.6 is 0 Å². The molecule has 0 saturated carbocycles. The van der Waals surface area contributed by atoms with Gasteiger partial charge in [0.1, 0.15) is 0 Å². The topological polar surface area (TPSA) is 183 Å². The standard InChI is InChI=1S/C4H6O10S2.Mg.2H/c5-3(6)1(15(9,10)11)2(4(7)8)16(12,13)14;;;/h1-2H,(H,5,6)(H,7,8)(H,9,10,11)(H,12,13,14);;;/q;+2;2*-1. The second-order valence-corrected chi connectivity index (χ2v) is 5.62. The fourth-order valence-electron chi connectivity index (χ4n) is 0.826. The molecule has 0 radical (unpaired) electrons. The van der Waals surface area contributed by atoms with Crippen molar-refractivity contribution >= 4 is 55.2 Å². The maximum absolute atomic E-state index is 10.5. The Bertz CT molecular complexity index is 464. The summed E-state index contributed by atoms with van der Waals surface area (Å²) in [5.41, 5.74) is 0. The van der Waals surface area contributed by atoms with Crippen LogP contribution in [0.15, 0.2) is 0 Å². The maximum Gasteiger partial charge on any atom is 2.00 e. The zero-order valence-electron chi connectivity index (χ0n) is 9.92. The fourth-order valence-corrected chi connectivity index (χ4v) is 3.04. The SMILES string of the molecule is O=C(O)C(C(C(=O)O)S(=O)(=O)O)S(=O)(=O)O.[H-].[H-].[Mg+2]. The van der Waals surface area contributed by atoms with Gasteiger partial charge in [-0.1, -0.05) is 0 Å². The first kappa shape index (κ1) is 18.9. The van der Waals surface area contributed by atoms with Gasteiger partial charge in [0, 0.05) is 0 Å². The Labute approximate surface area is 114 Å². The Morgan fingerprint density at radius 2 is 1.00 bits per heavy atom. The van der Waals surface area contributed by atoms with E-state index in [1.807, 2.05) is 0 Å². The molecule has 0 aliphatic rings. The second-order valence-electron chi connectivity index (χ2n) is 2.55. The Morgan fingerprint density at radius 3 is 1.06 bits per heavy atom. The Morgan fingerprint density at radius 1 is 0.824 bits per heavy atom. The van der Waals surface area contributed by atoms with Crippen molar-refractivity contribution in [1.29, 1.82) is 0 Å². The summed E-state index contributed by atoms with van der Waals surface area (Å²) >= 11 is 0. The van der Waals surface area contributed by atoms with E-state index in [1.165, 1.54) is 0 Å². The third-order valence-electron chi connectivity index (χ3n) is 1.40. The fraction of sp³-hybridized carbons (Fsp3) is 0.500. The molecule has 2 unspecified atom stereocenters. The molecule has 98 valence electrons. The van der Waals surface area contributed by atoms with Crippen LogP contribution in [0.4, 0.5) is 0 Å². The van der Waals surface area contributed by atoms with Crippen LogP contribution in [0.5, 0.6) is 0 Å². The third-order valence-corrected chi connectivity index (χ3v) is 3.81. The van der Waals surface area contributed by atoms with Gasteiger partial charge in [-0.25, -0.2) is 0 Å². The number of carbonyl (C=O) groups is 2. The summed E-state index contributed by atoms with van der Waals surface area (Å²) in [6.07, 6.45) is 0. The van der Waals surface area contributed by atoms with E-state index in [0.717, 1.165) is 0 Å². The van der Waals surface area contributed by atoms with Crippen molar-refractivity contribution < 1.29 is 48.6 Å². The van der Waals surface area contributed by atoms with Gasteiger partial charge < -0.3 is 13.1 Å². The molecule has 10 nitrogen and oxygen atoms in total. The molecule has 0 rings (SSSR count). The Kier molecular flexibility index (Phi) is 6.57. The van der Waals surface area contributed by atoms with E-state index in [9.17, 15) is 26.4 Å². The minimum Gasteiger partial charge on any atom is -1.00 e. The van der Waals surface area contributed by atoms with E-state index < -0.39 is 42.7 Å². The van der Waals surface area contributed by atoms with Gasteiger partial charge in [0.2, 0.25) is 10.5 Å². The van der Waals surface area contributed by atoms with E-state index in [0.29, 0.717) is 0 Å². The molecule has 2 atom stereocenters. The quantitative estimate of drug-likeness (QED) is 0.313. The summed E-state index contributed by atoms with van der Waals surface area (Å²) < 4.78 is 58.8. The molecule has 0 spiro atoms. The van der Waals surface area contributed by atoms with Crippen LogP contribution in [-0.4, -0.2) is 81.6 Å². The van der Waals surface area contributed by atoms with Crippen LogP contribution in [0, 0.1) is 0 Å². The van der Waals surface area contributed by atoms with Gasteiger partial charge in [-0.05, 0) is 0 Å². The summed E-state index contributed by atoms with van der Waals surface area (Å²) in [5.74, 6) is -4.85. The van der Waals surface area contributed by atoms with E-state index >= 15 is 0 Å². The van der Waals surface area contributed by atoms with E-state index in [1.54, 1.807) is 0 Å². The third kappa shape index (κ3) is 5.13. The molecule has 13 heteroatoms. The van der Waals surface area contributed by atoms with Crippen molar-refractivity contribution in [3.63, 3.8) is 0 Å². The van der Waals surface area contributed by atoms with Crippen LogP contribution in [0.3, 0.4) is 0 Å². The van der Waals surface area contributed by atoms with Crippen LogP contribution in [0.1, 0.15) is 2.85 Å². The number of carboxylic acids is 2. The molecule has 0 fully saturated rings. The van der Waals surface area contributed by atoms with Gasteiger partial charge in [0.15, 0.2) is 0 Å². The van der Waals surface area contributed by atoms with E-state index in [4.69, 9.17) is 19.3 Å². The molecule has 4 N–H and O–H groups in total. The summed E-state index contributed by atoms with van der Waals surface area (Å²) in [7, 11) is -11.0. The van der Waals surface area contributed by atoms with Crippen molar-refractivity contribution in [2.24, 2.45) is 0 Å². The Hall–Kier alpha value is -0.474. The Balaban J connectivity index is -0.000000375. The normalized spacial score (nSPS) is 15.4. The molecule has 0 saturated heterocycles. The average molecular weight is 305 g/mol. The predicted octanol–water partition coefficient (Wildman–Crippen LogP) is -2.49. The molecule has 0 bridgehead atoms. The number of aliphatic carboxylic acids is 2. The maximum atomic E-state index is 10.5. The number of rotatable bonds is 5. The molecule has 0 aliphatic carbocycles. The van der Waals surface area contributed by atoms with Crippen molar-refractivity contribution in [2.45, 2.75) is 10.5 Å². The molecule has 17 heavy (non-hydrogen) atoms. The number of hydrogen-bond acceptors (Lipinski definition) is 6. The first-order valence-electron chi connectivity index (χ1n) is 3.27. The molecule has 0 aromatic heterocycles. The monoisotopic (exact) mass is 304 g/mol. The summed E-state index contributed by atoms with van der Waals surface area (Å²) in [6, 6.07) is 0. The van der Waals surface area contributed by atoms with Crippen molar-refractivity contribution in [3.05, 3.63) is 0 Å². The van der Waals surface area contributed by atoms with Crippen LogP contribution in [-0.2, 0) is 29.8 Å². The summed E-state index contributed by atoms with van der Waals surface area (Å²) in [5, 5.41) is 10.2. The van der Waals surface area contributed by atoms with Gasteiger partial charge in [-0.15, -0.1) is 0 Å². The van der Waals surface area contributed by atoms with Gasteiger partial charge >= 0.3 is 35.0 Å². The second kappa shape index (κ2) is 5.92. The molecular formula is C4H8MgO10S2. The van der Waals surface area contributed by atoms with E-state index in [2.05, 4.69) is 0 Å². The van der Waals surface area contributed by atoms with Crippen LogP contribution in [0.25, 0.3) is 0 Å². The molecule has 0 heterocycles.